The summed E-state index contributed by atoms with van der Waals surface area (Å²) in [6, 6.07) is 3.82. The largest absolute Gasteiger partial charge is 0.573 e. The fourth-order valence-corrected chi connectivity index (χ4v) is 7.48. The van der Waals surface area contributed by atoms with E-state index in [2.05, 4.69) is 24.9 Å². The number of anilines is 1. The number of aromatic hydroxyl groups is 1. The number of benzene rings is 2. The quantitative estimate of drug-likeness (QED) is 0.248. The molecule has 0 radical (unpaired) electrons. The SMILES string of the molecule is CC.Oc1cc(-c2nc3c4c(nc(OCC56CCCN5CCC6)nc4c2F)N2CCNC[C@H]2CO3)c2c(OC(F)(F)F)c(F)ccc2c1. The zero-order valence-corrected chi connectivity index (χ0v) is 26.5. The average molecular weight is 675 g/mol. The van der Waals surface area contributed by atoms with Gasteiger partial charge in [-0.1, -0.05) is 19.9 Å². The Kier molecular flexibility index (Phi) is 8.30. The summed E-state index contributed by atoms with van der Waals surface area (Å²) in [7, 11) is 0. The summed E-state index contributed by atoms with van der Waals surface area (Å²) in [4.78, 5) is 18.1. The molecule has 2 aromatic heterocycles. The maximum absolute atomic E-state index is 16.9. The van der Waals surface area contributed by atoms with Gasteiger partial charge in [-0.15, -0.1) is 13.2 Å². The van der Waals surface area contributed by atoms with Crippen molar-refractivity contribution in [3.63, 3.8) is 0 Å². The number of nitrogens with one attached hydrogen (secondary N) is 1. The van der Waals surface area contributed by atoms with Gasteiger partial charge >= 0.3 is 12.4 Å². The van der Waals surface area contributed by atoms with E-state index in [1.165, 1.54) is 0 Å². The van der Waals surface area contributed by atoms with Crippen LogP contribution in [0.2, 0.25) is 0 Å². The summed E-state index contributed by atoms with van der Waals surface area (Å²) in [6.07, 6.45) is -1.21. The minimum atomic E-state index is -5.26. The topological polar surface area (TPSA) is 105 Å². The summed E-state index contributed by atoms with van der Waals surface area (Å²) in [5, 5.41) is 13.6. The first-order valence-corrected chi connectivity index (χ1v) is 16.2. The standard InChI is InChI=1S/C31H29F5N6O4.C2H6/c32-20-4-3-16-11-18(43)12-19(21(16)26(20)46-31(34,35)36)24-23(33)25-22-27(42-10-7-37-13-17(42)14-44-28(22)38-24)40-29(39-25)45-15-30-5-1-8-41(30)9-2-6-30;1-2/h3-4,11-12,17,37,43H,1-2,5-10,13-15H2;1-2H3/t17-;/m0./s1. The van der Waals surface area contributed by atoms with E-state index in [0.29, 0.717) is 32.1 Å². The number of phenols is 1. The van der Waals surface area contributed by atoms with E-state index >= 15 is 4.39 Å². The van der Waals surface area contributed by atoms with E-state index in [0.717, 1.165) is 63.0 Å². The Hall–Kier alpha value is -4.24. The van der Waals surface area contributed by atoms with E-state index < -0.39 is 40.6 Å². The molecule has 0 saturated carbocycles. The van der Waals surface area contributed by atoms with E-state index in [1.54, 1.807) is 0 Å². The van der Waals surface area contributed by atoms with Crippen molar-refractivity contribution in [3.8, 4) is 34.6 Å². The van der Waals surface area contributed by atoms with Crippen LogP contribution in [0.25, 0.3) is 32.9 Å². The monoisotopic (exact) mass is 674 g/mol. The van der Waals surface area contributed by atoms with Gasteiger partial charge in [0.2, 0.25) is 5.88 Å². The molecule has 15 heteroatoms. The molecule has 48 heavy (non-hydrogen) atoms. The second-order valence-corrected chi connectivity index (χ2v) is 12.2. The number of aromatic nitrogens is 3. The third-order valence-corrected chi connectivity index (χ3v) is 9.51. The summed E-state index contributed by atoms with van der Waals surface area (Å²) in [5.41, 5.74) is -1.21. The molecule has 256 valence electrons. The number of alkyl halides is 3. The summed E-state index contributed by atoms with van der Waals surface area (Å²) < 4.78 is 88.5. The van der Waals surface area contributed by atoms with Crippen molar-refractivity contribution in [2.75, 3.05) is 50.8 Å². The minimum absolute atomic E-state index is 0.0312. The molecule has 4 aliphatic heterocycles. The van der Waals surface area contributed by atoms with Crippen molar-refractivity contribution in [2.45, 2.75) is 57.5 Å². The van der Waals surface area contributed by atoms with Gasteiger partial charge in [-0.05, 0) is 62.4 Å². The molecule has 4 aromatic rings. The number of nitrogens with zero attached hydrogens (tertiary/aromatic N) is 5. The molecule has 10 nitrogen and oxygen atoms in total. The van der Waals surface area contributed by atoms with Crippen LogP contribution in [-0.2, 0) is 0 Å². The lowest BCUT2D eigenvalue weighted by molar-refractivity contribution is -0.275. The highest BCUT2D eigenvalue weighted by Gasteiger charge is 2.45. The fourth-order valence-electron chi connectivity index (χ4n) is 7.48. The number of fused-ring (bicyclic) bond motifs is 4. The molecule has 1 atom stereocenters. The second-order valence-electron chi connectivity index (χ2n) is 12.2. The van der Waals surface area contributed by atoms with E-state index in [9.17, 15) is 22.7 Å². The molecule has 0 amide bonds. The summed E-state index contributed by atoms with van der Waals surface area (Å²) >= 11 is 0. The highest BCUT2D eigenvalue weighted by molar-refractivity contribution is 6.04. The fraction of sp³-hybridized carbons (Fsp3) is 0.485. The lowest BCUT2D eigenvalue weighted by Gasteiger charge is -2.35. The molecule has 2 N–H and O–H groups in total. The molecule has 8 rings (SSSR count). The maximum atomic E-state index is 16.9. The van der Waals surface area contributed by atoms with Gasteiger partial charge in [0.25, 0.3) is 0 Å². The van der Waals surface area contributed by atoms with Gasteiger partial charge in [0.05, 0.1) is 11.6 Å². The lowest BCUT2D eigenvalue weighted by Crippen LogP contribution is -2.53. The summed E-state index contributed by atoms with van der Waals surface area (Å²) in [5.74, 6) is -3.63. The Balaban J connectivity index is 0.00000179. The third-order valence-electron chi connectivity index (χ3n) is 9.51. The molecular weight excluding hydrogens is 639 g/mol. The normalized spacial score (nSPS) is 20.1. The van der Waals surface area contributed by atoms with Gasteiger partial charge in [0.15, 0.2) is 17.4 Å². The van der Waals surface area contributed by atoms with Gasteiger partial charge in [0.1, 0.15) is 41.4 Å². The predicted molar refractivity (Wildman–Crippen MR) is 168 cm³/mol. The first-order chi connectivity index (χ1) is 23.1. The van der Waals surface area contributed by atoms with Crippen molar-refractivity contribution in [1.29, 1.82) is 0 Å². The number of ether oxygens (including phenoxy) is 3. The number of hydrogen-bond acceptors (Lipinski definition) is 10. The molecule has 6 heterocycles. The van der Waals surface area contributed by atoms with Crippen molar-refractivity contribution in [1.82, 2.24) is 25.2 Å². The zero-order chi connectivity index (χ0) is 33.8. The van der Waals surface area contributed by atoms with Crippen LogP contribution in [0.4, 0.5) is 27.8 Å². The third kappa shape index (κ3) is 5.55. The van der Waals surface area contributed by atoms with E-state index in [-0.39, 0.29) is 51.9 Å². The summed E-state index contributed by atoms with van der Waals surface area (Å²) in [6.45, 7) is 8.16. The number of rotatable bonds is 5. The number of pyridine rings is 1. The van der Waals surface area contributed by atoms with Gasteiger partial charge in [0, 0.05) is 30.6 Å². The second kappa shape index (κ2) is 12.3. The molecule has 0 unspecified atom stereocenters. The first kappa shape index (κ1) is 32.3. The van der Waals surface area contributed by atoms with Crippen LogP contribution in [0.1, 0.15) is 39.5 Å². The van der Waals surface area contributed by atoms with E-state index in [4.69, 9.17) is 14.5 Å². The van der Waals surface area contributed by atoms with E-state index in [1.807, 2.05) is 18.7 Å². The average Bonchev–Trinajstić information content (AvgIpc) is 3.61. The molecule has 3 fully saturated rings. The Morgan fingerprint density at radius 1 is 1.04 bits per heavy atom. The molecule has 3 saturated heterocycles. The van der Waals surface area contributed by atoms with Crippen LogP contribution in [-0.4, -0.2) is 88.8 Å². The number of piperazine rings is 1. The number of hydrogen-bond donors (Lipinski definition) is 2. The Morgan fingerprint density at radius 3 is 2.56 bits per heavy atom. The van der Waals surface area contributed by atoms with Crippen LogP contribution >= 0.6 is 0 Å². The molecule has 4 aliphatic rings. The van der Waals surface area contributed by atoms with Crippen LogP contribution in [0.5, 0.6) is 23.4 Å². The van der Waals surface area contributed by atoms with Gasteiger partial charge in [-0.2, -0.15) is 9.97 Å². The van der Waals surface area contributed by atoms with Gasteiger partial charge in [-0.3, -0.25) is 4.90 Å². The molecule has 0 spiro atoms. The smallest absolute Gasteiger partial charge is 0.508 e. The molecule has 2 aromatic carbocycles. The van der Waals surface area contributed by atoms with Gasteiger partial charge in [-0.25, -0.2) is 13.8 Å². The van der Waals surface area contributed by atoms with Gasteiger partial charge < -0.3 is 29.5 Å². The Bertz CT molecular complexity index is 1870. The van der Waals surface area contributed by atoms with Crippen LogP contribution in [0, 0.1) is 11.6 Å². The highest BCUT2D eigenvalue weighted by atomic mass is 19.4. The maximum Gasteiger partial charge on any atom is 0.573 e. The highest BCUT2D eigenvalue weighted by Crippen LogP contribution is 2.46. The Morgan fingerprint density at radius 2 is 1.81 bits per heavy atom. The predicted octanol–water partition coefficient (Wildman–Crippen LogP) is 5.93. The Labute approximate surface area is 272 Å². The molecular formula is C33H35F5N6O4. The number of halogens is 5. The van der Waals surface area contributed by atoms with Crippen LogP contribution in [0.3, 0.4) is 0 Å². The van der Waals surface area contributed by atoms with Crippen LogP contribution in [0.15, 0.2) is 24.3 Å². The van der Waals surface area contributed by atoms with Crippen molar-refractivity contribution >= 4 is 27.5 Å². The van der Waals surface area contributed by atoms with Crippen molar-refractivity contribution in [2.24, 2.45) is 0 Å². The minimum Gasteiger partial charge on any atom is -0.508 e. The lowest BCUT2D eigenvalue weighted by atomic mass is 9.95. The molecule has 0 bridgehead atoms. The zero-order valence-electron chi connectivity index (χ0n) is 26.5. The molecule has 0 aliphatic carbocycles. The van der Waals surface area contributed by atoms with Crippen molar-refractivity contribution in [3.05, 3.63) is 35.9 Å². The van der Waals surface area contributed by atoms with Crippen molar-refractivity contribution < 1.29 is 41.3 Å². The first-order valence-electron chi connectivity index (χ1n) is 16.2. The van der Waals surface area contributed by atoms with Crippen LogP contribution < -0.4 is 24.4 Å². The number of phenolic OH excluding ortho intramolecular Hbond substituents is 1.